The smallest absolute Gasteiger partial charge is 0.327 e. The Hall–Kier alpha value is -3.62. The van der Waals surface area contributed by atoms with Gasteiger partial charge in [0, 0.05) is 6.07 Å². The van der Waals surface area contributed by atoms with Crippen molar-refractivity contribution in [3.63, 3.8) is 0 Å². The predicted octanol–water partition coefficient (Wildman–Crippen LogP) is 2.38. The van der Waals surface area contributed by atoms with E-state index in [2.05, 4.69) is 10.5 Å². The Morgan fingerprint density at radius 1 is 1.12 bits per heavy atom. The molecule has 9 heteroatoms. The summed E-state index contributed by atoms with van der Waals surface area (Å²) in [5.41, 5.74) is 2.20. The Morgan fingerprint density at radius 2 is 1.77 bits per heavy atom. The highest BCUT2D eigenvalue weighted by Crippen LogP contribution is 2.46. The van der Waals surface area contributed by atoms with Gasteiger partial charge < -0.3 is 14.2 Å². The quantitative estimate of drug-likeness (QED) is 0.461. The lowest BCUT2D eigenvalue weighted by atomic mass is 10.1. The van der Waals surface area contributed by atoms with Crippen LogP contribution in [0.2, 0.25) is 0 Å². The number of benzene rings is 2. The fraction of sp³-hybridized carbons (Fsp3) is 0.176. The van der Waals surface area contributed by atoms with Gasteiger partial charge in [-0.3, -0.25) is 14.9 Å². The summed E-state index contributed by atoms with van der Waals surface area (Å²) < 4.78 is 15.3. The minimum absolute atomic E-state index is 0.0195. The molecule has 0 saturated carbocycles. The molecule has 0 radical (unpaired) electrons. The Morgan fingerprint density at radius 3 is 2.31 bits per heavy atom. The largest absolute Gasteiger partial charge is 0.493 e. The lowest BCUT2D eigenvalue weighted by Crippen LogP contribution is -2.20. The molecule has 0 aromatic heterocycles. The van der Waals surface area contributed by atoms with Gasteiger partial charge in [0.05, 0.1) is 32.5 Å². The van der Waals surface area contributed by atoms with Gasteiger partial charge >= 0.3 is 5.69 Å². The monoisotopic (exact) mass is 359 g/mol. The minimum atomic E-state index is -0.789. The van der Waals surface area contributed by atoms with E-state index in [0.29, 0.717) is 0 Å². The molecule has 0 unspecified atom stereocenters. The molecule has 26 heavy (non-hydrogen) atoms. The number of hydrazone groups is 1. The van der Waals surface area contributed by atoms with Gasteiger partial charge in [-0.05, 0) is 5.56 Å². The summed E-state index contributed by atoms with van der Waals surface area (Å²) in [5.74, 6) is -0.865. The fourth-order valence-corrected chi connectivity index (χ4v) is 2.26. The topological polar surface area (TPSA) is 112 Å². The maximum atomic E-state index is 12.4. The van der Waals surface area contributed by atoms with Crippen LogP contribution in [-0.4, -0.2) is 38.4 Å². The van der Waals surface area contributed by atoms with Crippen molar-refractivity contribution in [1.29, 1.82) is 0 Å². The van der Waals surface area contributed by atoms with E-state index in [0.717, 1.165) is 5.56 Å². The van der Waals surface area contributed by atoms with Crippen LogP contribution in [0.25, 0.3) is 0 Å². The third-order valence-corrected chi connectivity index (χ3v) is 3.41. The van der Waals surface area contributed by atoms with Crippen molar-refractivity contribution in [3.8, 4) is 17.2 Å². The summed E-state index contributed by atoms with van der Waals surface area (Å²) in [6.45, 7) is 0. The first-order valence-corrected chi connectivity index (χ1v) is 7.39. The van der Waals surface area contributed by atoms with E-state index < -0.39 is 16.5 Å². The molecule has 0 spiro atoms. The van der Waals surface area contributed by atoms with Gasteiger partial charge in [0.1, 0.15) is 5.56 Å². The van der Waals surface area contributed by atoms with Gasteiger partial charge in [0.15, 0.2) is 5.75 Å². The van der Waals surface area contributed by atoms with Gasteiger partial charge in [-0.1, -0.05) is 30.3 Å². The maximum absolute atomic E-state index is 12.4. The zero-order valence-corrected chi connectivity index (χ0v) is 14.4. The number of ether oxygens (including phenoxy) is 3. The lowest BCUT2D eigenvalue weighted by molar-refractivity contribution is -0.386. The summed E-state index contributed by atoms with van der Waals surface area (Å²) in [5, 5.41) is 15.3. The normalized spacial score (nSPS) is 10.4. The van der Waals surface area contributed by atoms with Gasteiger partial charge in [0.25, 0.3) is 5.91 Å². The number of nitro groups is 1. The average Bonchev–Trinajstić information content (AvgIpc) is 2.66. The van der Waals surface area contributed by atoms with Crippen molar-refractivity contribution >= 4 is 17.8 Å². The molecule has 2 rings (SSSR count). The first-order chi connectivity index (χ1) is 12.5. The summed E-state index contributed by atoms with van der Waals surface area (Å²) in [6, 6.07) is 10.2. The van der Waals surface area contributed by atoms with Crippen molar-refractivity contribution in [2.24, 2.45) is 5.10 Å². The predicted molar refractivity (Wildman–Crippen MR) is 94.3 cm³/mol. The van der Waals surface area contributed by atoms with Crippen molar-refractivity contribution in [2.75, 3.05) is 21.3 Å². The van der Waals surface area contributed by atoms with Crippen LogP contribution in [0.1, 0.15) is 15.9 Å². The number of amides is 1. The van der Waals surface area contributed by atoms with E-state index >= 15 is 0 Å². The molecule has 0 aliphatic heterocycles. The molecule has 1 amide bonds. The van der Waals surface area contributed by atoms with Crippen LogP contribution in [-0.2, 0) is 0 Å². The van der Waals surface area contributed by atoms with Gasteiger partial charge in [0.2, 0.25) is 11.5 Å². The Bertz CT molecular complexity index is 836. The molecule has 9 nitrogen and oxygen atoms in total. The molecule has 136 valence electrons. The van der Waals surface area contributed by atoms with E-state index in [1.165, 1.54) is 33.6 Å². The highest BCUT2D eigenvalue weighted by atomic mass is 16.6. The summed E-state index contributed by atoms with van der Waals surface area (Å²) in [6.07, 6.45) is 1.42. The average molecular weight is 359 g/mol. The second-order valence-electron chi connectivity index (χ2n) is 4.91. The summed E-state index contributed by atoms with van der Waals surface area (Å²) in [7, 11) is 3.89. The molecule has 1 N–H and O–H groups in total. The van der Waals surface area contributed by atoms with Crippen molar-refractivity contribution in [2.45, 2.75) is 0 Å². The number of methoxy groups -OCH3 is 3. The second kappa shape index (κ2) is 8.47. The van der Waals surface area contributed by atoms with Crippen molar-refractivity contribution in [3.05, 3.63) is 57.6 Å². The van der Waals surface area contributed by atoms with Crippen LogP contribution in [0, 0.1) is 10.1 Å². The number of hydrogen-bond donors (Lipinski definition) is 1. The lowest BCUT2D eigenvalue weighted by Gasteiger charge is -2.14. The van der Waals surface area contributed by atoms with Crippen LogP contribution < -0.4 is 19.6 Å². The second-order valence-corrected chi connectivity index (χ2v) is 4.91. The minimum Gasteiger partial charge on any atom is -0.493 e. The number of nitro benzene ring substituents is 1. The highest BCUT2D eigenvalue weighted by Gasteiger charge is 2.32. The molecule has 0 bridgehead atoms. The molecule has 2 aromatic rings. The molecular formula is C17H17N3O6. The van der Waals surface area contributed by atoms with Crippen LogP contribution in [0.4, 0.5) is 5.69 Å². The zero-order chi connectivity index (χ0) is 19.1. The van der Waals surface area contributed by atoms with Crippen molar-refractivity contribution < 1.29 is 23.9 Å². The number of nitrogens with one attached hydrogen (secondary N) is 1. The number of rotatable bonds is 7. The standard InChI is InChI=1S/C17H17N3O6/c1-24-13-9-12(14(20(22)23)16(26-3)15(13)25-2)17(21)19-18-10-11-7-5-4-6-8-11/h4-10H,1-3H3,(H,19,21)/b18-10-. The van der Waals surface area contributed by atoms with Gasteiger partial charge in [-0.2, -0.15) is 5.10 Å². The summed E-state index contributed by atoms with van der Waals surface area (Å²) >= 11 is 0. The number of nitrogens with zero attached hydrogens (tertiary/aromatic N) is 2. The molecule has 0 saturated heterocycles. The molecule has 0 atom stereocenters. The SMILES string of the molecule is COc1cc(C(=O)N/N=C\c2ccccc2)c([N+](=O)[O-])c(OC)c1OC. The molecule has 0 heterocycles. The first kappa shape index (κ1) is 18.7. The molecule has 0 fully saturated rings. The van der Waals surface area contributed by atoms with Gasteiger partial charge in [-0.25, -0.2) is 5.43 Å². The molecule has 0 aliphatic rings. The zero-order valence-electron chi connectivity index (χ0n) is 14.4. The number of carbonyl (C=O) groups is 1. The van der Waals surface area contributed by atoms with Crippen LogP contribution >= 0.6 is 0 Å². The highest BCUT2D eigenvalue weighted by molar-refractivity contribution is 6.01. The van der Waals surface area contributed by atoms with E-state index in [1.54, 1.807) is 12.1 Å². The summed E-state index contributed by atoms with van der Waals surface area (Å²) in [4.78, 5) is 23.2. The van der Waals surface area contributed by atoms with E-state index in [1.807, 2.05) is 18.2 Å². The molecule has 0 aliphatic carbocycles. The van der Waals surface area contributed by atoms with E-state index in [9.17, 15) is 14.9 Å². The van der Waals surface area contributed by atoms with E-state index in [-0.39, 0.29) is 22.8 Å². The van der Waals surface area contributed by atoms with Crippen LogP contribution in [0.3, 0.4) is 0 Å². The first-order valence-electron chi connectivity index (χ1n) is 7.39. The van der Waals surface area contributed by atoms with Crippen molar-refractivity contribution in [1.82, 2.24) is 5.43 Å². The van der Waals surface area contributed by atoms with Crippen LogP contribution in [0.15, 0.2) is 41.5 Å². The fourth-order valence-electron chi connectivity index (χ4n) is 2.26. The maximum Gasteiger partial charge on any atom is 0.327 e. The molecule has 2 aromatic carbocycles. The Labute approximate surface area is 149 Å². The van der Waals surface area contributed by atoms with E-state index in [4.69, 9.17) is 14.2 Å². The number of carbonyl (C=O) groups excluding carboxylic acids is 1. The Kier molecular flexibility index (Phi) is 6.10. The third-order valence-electron chi connectivity index (χ3n) is 3.41. The van der Waals surface area contributed by atoms with Gasteiger partial charge in [-0.15, -0.1) is 0 Å². The third kappa shape index (κ3) is 3.89. The van der Waals surface area contributed by atoms with Crippen LogP contribution in [0.5, 0.6) is 17.2 Å². The Balaban J connectivity index is 2.42. The molecular weight excluding hydrogens is 342 g/mol. The number of hydrogen-bond acceptors (Lipinski definition) is 7.